The fourth-order valence-corrected chi connectivity index (χ4v) is 1.44. The van der Waals surface area contributed by atoms with Crippen molar-refractivity contribution in [1.82, 2.24) is 4.90 Å². The van der Waals surface area contributed by atoms with Crippen LogP contribution in [0.5, 0.6) is 0 Å². The summed E-state index contributed by atoms with van der Waals surface area (Å²) in [5.41, 5.74) is 0. The summed E-state index contributed by atoms with van der Waals surface area (Å²) in [5, 5.41) is 0. The molecule has 1 rings (SSSR count). The van der Waals surface area contributed by atoms with Gasteiger partial charge in [-0.3, -0.25) is 0 Å². The van der Waals surface area contributed by atoms with E-state index in [1.807, 2.05) is 4.90 Å². The number of alkyl halides is 1. The number of rotatable bonds is 3. The van der Waals surface area contributed by atoms with Crippen molar-refractivity contribution in [3.63, 3.8) is 0 Å². The fraction of sp³-hybridized carbons (Fsp3) is 0.875. The van der Waals surface area contributed by atoms with Gasteiger partial charge in [-0.2, -0.15) is 0 Å². The van der Waals surface area contributed by atoms with Crippen LogP contribution in [-0.4, -0.2) is 37.0 Å². The summed E-state index contributed by atoms with van der Waals surface area (Å²) in [6, 6.07) is 0. The van der Waals surface area contributed by atoms with E-state index in [0.29, 0.717) is 19.4 Å². The number of aldehydes is 1. The zero-order valence-corrected chi connectivity index (χ0v) is 6.63. The lowest BCUT2D eigenvalue weighted by Crippen LogP contribution is -2.37. The molecule has 2 nitrogen and oxygen atoms in total. The van der Waals surface area contributed by atoms with Crippen LogP contribution >= 0.6 is 0 Å². The lowest BCUT2D eigenvalue weighted by atomic mass is 10.1. The van der Waals surface area contributed by atoms with Crippen LogP contribution in [0.1, 0.15) is 19.3 Å². The van der Waals surface area contributed by atoms with E-state index < -0.39 is 6.17 Å². The molecule has 0 aromatic rings. The molecule has 1 heterocycles. The maximum atomic E-state index is 12.7. The van der Waals surface area contributed by atoms with Gasteiger partial charge in [0.2, 0.25) is 0 Å². The molecule has 0 aromatic carbocycles. The first kappa shape index (κ1) is 8.65. The molecular weight excluding hydrogens is 145 g/mol. The maximum Gasteiger partial charge on any atom is 0.121 e. The molecule has 0 spiro atoms. The Morgan fingerprint density at radius 3 is 3.09 bits per heavy atom. The molecule has 0 aliphatic carbocycles. The zero-order valence-electron chi connectivity index (χ0n) is 6.63. The van der Waals surface area contributed by atoms with Crippen LogP contribution in [0.3, 0.4) is 0 Å². The third-order valence-corrected chi connectivity index (χ3v) is 2.01. The third-order valence-electron chi connectivity index (χ3n) is 2.01. The minimum Gasteiger partial charge on any atom is -0.303 e. The summed E-state index contributed by atoms with van der Waals surface area (Å²) in [6.07, 6.45) is 2.38. The van der Waals surface area contributed by atoms with Gasteiger partial charge in [-0.05, 0) is 19.4 Å². The summed E-state index contributed by atoms with van der Waals surface area (Å²) in [5.74, 6) is 0. The van der Waals surface area contributed by atoms with E-state index in [9.17, 15) is 9.18 Å². The smallest absolute Gasteiger partial charge is 0.121 e. The normalized spacial score (nSPS) is 26.8. The minimum absolute atomic E-state index is 0.522. The van der Waals surface area contributed by atoms with E-state index in [0.717, 1.165) is 25.8 Å². The number of hydrogen-bond acceptors (Lipinski definition) is 2. The Bertz CT molecular complexity index is 129. The Kier molecular flexibility index (Phi) is 3.49. The van der Waals surface area contributed by atoms with Crippen LogP contribution in [0, 0.1) is 0 Å². The van der Waals surface area contributed by atoms with E-state index in [4.69, 9.17) is 0 Å². The minimum atomic E-state index is -0.671. The van der Waals surface area contributed by atoms with Crippen LogP contribution in [-0.2, 0) is 4.79 Å². The molecule has 0 aromatic heterocycles. The zero-order chi connectivity index (χ0) is 8.10. The van der Waals surface area contributed by atoms with Gasteiger partial charge in [-0.1, -0.05) is 0 Å². The van der Waals surface area contributed by atoms with Crippen LogP contribution in [0.4, 0.5) is 4.39 Å². The molecule has 0 bridgehead atoms. The number of nitrogens with zero attached hydrogens (tertiary/aromatic N) is 1. The summed E-state index contributed by atoms with van der Waals surface area (Å²) in [4.78, 5) is 12.0. The second kappa shape index (κ2) is 4.44. The molecule has 1 unspecified atom stereocenters. The SMILES string of the molecule is O=CCCN1CCCC(F)C1. The molecule has 1 aliphatic rings. The Balaban J connectivity index is 2.17. The second-order valence-corrected chi connectivity index (χ2v) is 3.00. The van der Waals surface area contributed by atoms with E-state index in [2.05, 4.69) is 0 Å². The highest BCUT2D eigenvalue weighted by Gasteiger charge is 2.17. The van der Waals surface area contributed by atoms with E-state index in [1.165, 1.54) is 0 Å². The van der Waals surface area contributed by atoms with Crippen molar-refractivity contribution in [2.75, 3.05) is 19.6 Å². The number of hydrogen-bond donors (Lipinski definition) is 0. The molecule has 1 aliphatic heterocycles. The van der Waals surface area contributed by atoms with Crippen molar-refractivity contribution in [1.29, 1.82) is 0 Å². The van der Waals surface area contributed by atoms with Crippen LogP contribution in [0.2, 0.25) is 0 Å². The van der Waals surface area contributed by atoms with Crippen molar-refractivity contribution in [2.45, 2.75) is 25.4 Å². The molecule has 0 N–H and O–H groups in total. The van der Waals surface area contributed by atoms with Crippen molar-refractivity contribution < 1.29 is 9.18 Å². The first-order valence-corrected chi connectivity index (χ1v) is 4.13. The van der Waals surface area contributed by atoms with Gasteiger partial charge in [-0.15, -0.1) is 0 Å². The summed E-state index contributed by atoms with van der Waals surface area (Å²) < 4.78 is 12.7. The largest absolute Gasteiger partial charge is 0.303 e. The van der Waals surface area contributed by atoms with Crippen LogP contribution in [0.25, 0.3) is 0 Å². The molecule has 1 atom stereocenters. The van der Waals surface area contributed by atoms with E-state index in [-0.39, 0.29) is 0 Å². The second-order valence-electron chi connectivity index (χ2n) is 3.00. The van der Waals surface area contributed by atoms with Gasteiger partial charge in [0.05, 0.1) is 0 Å². The first-order valence-electron chi connectivity index (χ1n) is 4.13. The van der Waals surface area contributed by atoms with Crippen LogP contribution < -0.4 is 0 Å². The van der Waals surface area contributed by atoms with E-state index >= 15 is 0 Å². The van der Waals surface area contributed by atoms with Gasteiger partial charge in [0.25, 0.3) is 0 Å². The van der Waals surface area contributed by atoms with Gasteiger partial charge >= 0.3 is 0 Å². The van der Waals surface area contributed by atoms with Crippen LogP contribution in [0.15, 0.2) is 0 Å². The topological polar surface area (TPSA) is 20.3 Å². The lowest BCUT2D eigenvalue weighted by Gasteiger charge is -2.27. The average Bonchev–Trinajstić information content (AvgIpc) is 2.01. The van der Waals surface area contributed by atoms with Gasteiger partial charge in [0.1, 0.15) is 12.5 Å². The molecule has 1 fully saturated rings. The highest BCUT2D eigenvalue weighted by atomic mass is 19.1. The van der Waals surface area contributed by atoms with Crippen molar-refractivity contribution >= 4 is 6.29 Å². The maximum absolute atomic E-state index is 12.7. The molecular formula is C8H14FNO. The quantitative estimate of drug-likeness (QED) is 0.573. The summed E-state index contributed by atoms with van der Waals surface area (Å²) >= 11 is 0. The average molecular weight is 159 g/mol. The molecule has 1 saturated heterocycles. The number of piperidine rings is 1. The molecule has 0 amide bonds. The lowest BCUT2D eigenvalue weighted by molar-refractivity contribution is -0.108. The summed E-state index contributed by atoms with van der Waals surface area (Å²) in [7, 11) is 0. The highest BCUT2D eigenvalue weighted by Crippen LogP contribution is 2.12. The molecule has 11 heavy (non-hydrogen) atoms. The fourth-order valence-electron chi connectivity index (χ4n) is 1.44. The number of carbonyl (C=O) groups is 1. The van der Waals surface area contributed by atoms with E-state index in [1.54, 1.807) is 0 Å². The van der Waals surface area contributed by atoms with Gasteiger partial charge in [0.15, 0.2) is 0 Å². The Labute approximate surface area is 66.4 Å². The first-order chi connectivity index (χ1) is 5.33. The van der Waals surface area contributed by atoms with Crippen molar-refractivity contribution in [2.24, 2.45) is 0 Å². The monoisotopic (exact) mass is 159 g/mol. The molecule has 64 valence electrons. The molecule has 0 saturated carbocycles. The van der Waals surface area contributed by atoms with Gasteiger partial charge in [-0.25, -0.2) is 4.39 Å². The Morgan fingerprint density at radius 1 is 1.64 bits per heavy atom. The molecule has 3 heteroatoms. The molecule has 0 radical (unpaired) electrons. The van der Waals surface area contributed by atoms with Gasteiger partial charge in [0, 0.05) is 19.5 Å². The standard InChI is InChI=1S/C8H14FNO/c9-8-3-1-4-10(7-8)5-2-6-11/h6,8H,1-5,7H2. The predicted molar refractivity (Wildman–Crippen MR) is 41.3 cm³/mol. The Hall–Kier alpha value is -0.440. The van der Waals surface area contributed by atoms with Crippen molar-refractivity contribution in [3.05, 3.63) is 0 Å². The Morgan fingerprint density at radius 2 is 2.45 bits per heavy atom. The summed E-state index contributed by atoms with van der Waals surface area (Å²) in [6.45, 7) is 2.20. The number of carbonyl (C=O) groups excluding carboxylic acids is 1. The van der Waals surface area contributed by atoms with Crippen molar-refractivity contribution in [3.8, 4) is 0 Å². The number of likely N-dealkylation sites (tertiary alicyclic amines) is 1. The number of halogens is 1. The third kappa shape index (κ3) is 2.97. The predicted octanol–water partition coefficient (Wildman–Crippen LogP) is 1.01. The highest BCUT2D eigenvalue weighted by molar-refractivity contribution is 5.49. The van der Waals surface area contributed by atoms with Gasteiger partial charge < -0.3 is 9.69 Å².